The monoisotopic (exact) mass is 282 g/mol. The van der Waals surface area contributed by atoms with E-state index in [4.69, 9.17) is 9.47 Å². The van der Waals surface area contributed by atoms with Crippen LogP contribution in [0.3, 0.4) is 0 Å². The molecule has 2 aromatic carbocycles. The minimum Gasteiger partial charge on any atom is -0.493 e. The first-order valence-corrected chi connectivity index (χ1v) is 7.28. The molecule has 2 aromatic rings. The first-order chi connectivity index (χ1) is 10.3. The van der Waals surface area contributed by atoms with Crippen molar-refractivity contribution >= 4 is 6.08 Å². The summed E-state index contributed by atoms with van der Waals surface area (Å²) >= 11 is 0. The van der Waals surface area contributed by atoms with E-state index in [1.807, 2.05) is 12.1 Å². The summed E-state index contributed by atoms with van der Waals surface area (Å²) in [7, 11) is 3.31. The maximum absolute atomic E-state index is 5.39. The lowest BCUT2D eigenvalue weighted by Crippen LogP contribution is -1.91. The maximum atomic E-state index is 5.39. The van der Waals surface area contributed by atoms with Crippen LogP contribution in [0.5, 0.6) is 11.5 Å². The van der Waals surface area contributed by atoms with E-state index in [2.05, 4.69) is 49.4 Å². The van der Waals surface area contributed by atoms with Gasteiger partial charge in [-0.25, -0.2) is 0 Å². The van der Waals surface area contributed by atoms with Crippen LogP contribution in [0.1, 0.15) is 25.3 Å². The van der Waals surface area contributed by atoms with Crippen molar-refractivity contribution in [3.05, 3.63) is 54.1 Å². The normalized spacial score (nSPS) is 10.8. The van der Waals surface area contributed by atoms with Gasteiger partial charge in [-0.15, -0.1) is 0 Å². The number of benzene rings is 2. The molecule has 110 valence electrons. The minimum absolute atomic E-state index is 0.750. The Morgan fingerprint density at radius 3 is 2.43 bits per heavy atom. The second-order valence-electron chi connectivity index (χ2n) is 4.85. The van der Waals surface area contributed by atoms with Crippen molar-refractivity contribution < 1.29 is 9.47 Å². The fourth-order valence-electron chi connectivity index (χ4n) is 2.29. The van der Waals surface area contributed by atoms with Crippen LogP contribution in [0.4, 0.5) is 0 Å². The summed E-state index contributed by atoms with van der Waals surface area (Å²) in [5, 5.41) is 0. The van der Waals surface area contributed by atoms with Crippen molar-refractivity contribution in [2.75, 3.05) is 14.2 Å². The minimum atomic E-state index is 0.750. The van der Waals surface area contributed by atoms with Crippen molar-refractivity contribution in [2.45, 2.75) is 19.8 Å². The summed E-state index contributed by atoms with van der Waals surface area (Å²) < 4.78 is 10.7. The summed E-state index contributed by atoms with van der Waals surface area (Å²) in [6, 6.07) is 14.4. The van der Waals surface area contributed by atoms with E-state index in [1.165, 1.54) is 11.1 Å². The van der Waals surface area contributed by atoms with Gasteiger partial charge in [0.2, 0.25) is 0 Å². The molecule has 0 aromatic heterocycles. The molecule has 2 rings (SSSR count). The fourth-order valence-corrected chi connectivity index (χ4v) is 2.29. The topological polar surface area (TPSA) is 18.5 Å². The average Bonchev–Trinajstić information content (AvgIpc) is 2.55. The molecule has 0 amide bonds. The molecule has 2 heteroatoms. The molecule has 0 unspecified atom stereocenters. The first-order valence-electron chi connectivity index (χ1n) is 7.28. The van der Waals surface area contributed by atoms with Gasteiger partial charge in [0.05, 0.1) is 14.2 Å². The number of ether oxygens (including phenoxy) is 2. The average molecular weight is 282 g/mol. The third-order valence-corrected chi connectivity index (χ3v) is 3.41. The van der Waals surface area contributed by atoms with Crippen LogP contribution in [0.25, 0.3) is 17.2 Å². The van der Waals surface area contributed by atoms with Crippen LogP contribution in [0, 0.1) is 0 Å². The molecule has 0 aliphatic carbocycles. The van der Waals surface area contributed by atoms with Gasteiger partial charge >= 0.3 is 0 Å². The Balaban J connectivity index is 2.42. The SMILES string of the molecule is CCC/C=C/c1ccccc1-c1ccc(OC)c(OC)c1. The number of hydrogen-bond donors (Lipinski definition) is 0. The molecule has 0 spiro atoms. The van der Waals surface area contributed by atoms with E-state index in [-0.39, 0.29) is 0 Å². The molecule has 0 bridgehead atoms. The van der Waals surface area contributed by atoms with Gasteiger partial charge in [-0.05, 0) is 35.2 Å². The highest BCUT2D eigenvalue weighted by molar-refractivity contribution is 5.76. The first kappa shape index (κ1) is 15.2. The molecule has 2 nitrogen and oxygen atoms in total. The van der Waals surface area contributed by atoms with Crippen LogP contribution in [0.15, 0.2) is 48.5 Å². The van der Waals surface area contributed by atoms with E-state index >= 15 is 0 Å². The third kappa shape index (κ3) is 3.66. The highest BCUT2D eigenvalue weighted by atomic mass is 16.5. The summed E-state index contributed by atoms with van der Waals surface area (Å²) in [4.78, 5) is 0. The lowest BCUT2D eigenvalue weighted by atomic mass is 9.98. The Morgan fingerprint density at radius 1 is 0.952 bits per heavy atom. The molecule has 0 radical (unpaired) electrons. The second kappa shape index (κ2) is 7.53. The Kier molecular flexibility index (Phi) is 5.44. The lowest BCUT2D eigenvalue weighted by molar-refractivity contribution is 0.355. The van der Waals surface area contributed by atoms with Crippen LogP contribution >= 0.6 is 0 Å². The lowest BCUT2D eigenvalue weighted by Gasteiger charge is -2.11. The number of hydrogen-bond acceptors (Lipinski definition) is 2. The van der Waals surface area contributed by atoms with Crippen LogP contribution in [0.2, 0.25) is 0 Å². The van der Waals surface area contributed by atoms with Gasteiger partial charge in [0.15, 0.2) is 11.5 Å². The molecule has 0 aliphatic rings. The van der Waals surface area contributed by atoms with Gasteiger partial charge in [0.25, 0.3) is 0 Å². The second-order valence-corrected chi connectivity index (χ2v) is 4.85. The number of allylic oxidation sites excluding steroid dienone is 1. The van der Waals surface area contributed by atoms with Crippen molar-refractivity contribution in [1.82, 2.24) is 0 Å². The van der Waals surface area contributed by atoms with Gasteiger partial charge in [-0.2, -0.15) is 0 Å². The van der Waals surface area contributed by atoms with Crippen molar-refractivity contribution in [3.63, 3.8) is 0 Å². The molecule has 21 heavy (non-hydrogen) atoms. The summed E-state index contributed by atoms with van der Waals surface area (Å²) in [5.74, 6) is 1.50. The van der Waals surface area contributed by atoms with Gasteiger partial charge in [0.1, 0.15) is 0 Å². The van der Waals surface area contributed by atoms with E-state index in [0.29, 0.717) is 0 Å². The predicted molar refractivity (Wildman–Crippen MR) is 88.9 cm³/mol. The largest absolute Gasteiger partial charge is 0.493 e. The number of methoxy groups -OCH3 is 2. The third-order valence-electron chi connectivity index (χ3n) is 3.41. The molecule has 0 aliphatic heterocycles. The quantitative estimate of drug-likeness (QED) is 0.726. The Bertz CT molecular complexity index is 615. The zero-order chi connectivity index (χ0) is 15.1. The Hall–Kier alpha value is -2.22. The molecule has 0 heterocycles. The van der Waals surface area contributed by atoms with Gasteiger partial charge in [0, 0.05) is 0 Å². The molecular weight excluding hydrogens is 260 g/mol. The Labute approximate surface area is 127 Å². The fraction of sp³-hybridized carbons (Fsp3) is 0.263. The van der Waals surface area contributed by atoms with Crippen LogP contribution in [-0.2, 0) is 0 Å². The van der Waals surface area contributed by atoms with E-state index in [0.717, 1.165) is 29.9 Å². The number of unbranched alkanes of at least 4 members (excludes halogenated alkanes) is 1. The maximum Gasteiger partial charge on any atom is 0.161 e. The molecular formula is C19H22O2. The van der Waals surface area contributed by atoms with E-state index in [1.54, 1.807) is 14.2 Å². The van der Waals surface area contributed by atoms with Crippen molar-refractivity contribution in [2.24, 2.45) is 0 Å². The van der Waals surface area contributed by atoms with Crippen LogP contribution in [-0.4, -0.2) is 14.2 Å². The molecule has 0 saturated heterocycles. The summed E-state index contributed by atoms with van der Waals surface area (Å²) in [6.07, 6.45) is 6.67. The summed E-state index contributed by atoms with van der Waals surface area (Å²) in [6.45, 7) is 2.19. The van der Waals surface area contributed by atoms with Crippen LogP contribution < -0.4 is 9.47 Å². The van der Waals surface area contributed by atoms with E-state index < -0.39 is 0 Å². The molecule has 0 N–H and O–H groups in total. The molecule has 0 atom stereocenters. The molecule has 0 saturated carbocycles. The standard InChI is InChI=1S/C19H22O2/c1-4-5-6-9-15-10-7-8-11-17(15)16-12-13-18(20-2)19(14-16)21-3/h6-14H,4-5H2,1-3H3/b9-6+. The van der Waals surface area contributed by atoms with Crippen molar-refractivity contribution in [3.8, 4) is 22.6 Å². The summed E-state index contributed by atoms with van der Waals surface area (Å²) in [5.41, 5.74) is 3.55. The highest BCUT2D eigenvalue weighted by Gasteiger charge is 2.08. The zero-order valence-electron chi connectivity index (χ0n) is 12.9. The van der Waals surface area contributed by atoms with Crippen molar-refractivity contribution in [1.29, 1.82) is 0 Å². The smallest absolute Gasteiger partial charge is 0.161 e. The van der Waals surface area contributed by atoms with Gasteiger partial charge < -0.3 is 9.47 Å². The van der Waals surface area contributed by atoms with E-state index in [9.17, 15) is 0 Å². The zero-order valence-corrected chi connectivity index (χ0v) is 12.9. The highest BCUT2D eigenvalue weighted by Crippen LogP contribution is 2.33. The predicted octanol–water partition coefficient (Wildman–Crippen LogP) is 5.18. The Morgan fingerprint density at radius 2 is 1.71 bits per heavy atom. The number of rotatable bonds is 6. The van der Waals surface area contributed by atoms with Gasteiger partial charge in [-0.1, -0.05) is 55.8 Å². The molecule has 0 fully saturated rings. The van der Waals surface area contributed by atoms with Gasteiger partial charge in [-0.3, -0.25) is 0 Å².